The Hall–Kier alpha value is -2.89. The first kappa shape index (κ1) is 28.1. The van der Waals surface area contributed by atoms with E-state index in [1.165, 1.54) is 0 Å². The summed E-state index contributed by atoms with van der Waals surface area (Å²) in [5, 5.41) is 13.9. The molecule has 12 nitrogen and oxygen atoms in total. The second-order valence-electron chi connectivity index (χ2n) is 7.69. The highest BCUT2D eigenvalue weighted by atomic mass is 16.2. The molecule has 1 rings (SSSR count). The summed E-state index contributed by atoms with van der Waals surface area (Å²) in [5.41, 5.74) is 5.16. The van der Waals surface area contributed by atoms with E-state index in [-0.39, 0.29) is 25.5 Å². The molecule has 0 saturated carbocycles. The SMILES string of the molecule is CC/N=C(/NCC)NCCCCC(NC(=O)CNC(=O)CNC(=O)CN)C(=O)N1CCCC1. The lowest BCUT2D eigenvalue weighted by Gasteiger charge is -2.24. The highest BCUT2D eigenvalue weighted by Crippen LogP contribution is 2.12. The molecule has 0 aliphatic carbocycles. The fraction of sp³-hybridized carbons (Fsp3) is 0.762. The predicted octanol–water partition coefficient (Wildman–Crippen LogP) is -1.97. The zero-order valence-electron chi connectivity index (χ0n) is 19.9. The van der Waals surface area contributed by atoms with Crippen LogP contribution in [0.2, 0.25) is 0 Å². The third kappa shape index (κ3) is 12.1. The number of rotatable bonds is 14. The minimum atomic E-state index is -0.637. The Balaban J connectivity index is 2.49. The van der Waals surface area contributed by atoms with Gasteiger partial charge in [0.2, 0.25) is 23.6 Å². The summed E-state index contributed by atoms with van der Waals surface area (Å²) in [6, 6.07) is -0.637. The number of nitrogens with two attached hydrogens (primary N) is 1. The lowest BCUT2D eigenvalue weighted by Crippen LogP contribution is -2.51. The third-order valence-corrected chi connectivity index (χ3v) is 5.00. The summed E-state index contributed by atoms with van der Waals surface area (Å²) >= 11 is 0. The minimum Gasteiger partial charge on any atom is -0.357 e. The number of likely N-dealkylation sites (tertiary alicyclic amines) is 1. The molecule has 1 fully saturated rings. The van der Waals surface area contributed by atoms with Gasteiger partial charge in [0.05, 0.1) is 19.6 Å². The highest BCUT2D eigenvalue weighted by molar-refractivity contribution is 5.91. The van der Waals surface area contributed by atoms with Crippen molar-refractivity contribution in [3.05, 3.63) is 0 Å². The van der Waals surface area contributed by atoms with Crippen molar-refractivity contribution in [2.75, 3.05) is 52.4 Å². The maximum atomic E-state index is 12.9. The van der Waals surface area contributed by atoms with Gasteiger partial charge in [0, 0.05) is 32.7 Å². The Morgan fingerprint density at radius 1 is 0.909 bits per heavy atom. The van der Waals surface area contributed by atoms with Gasteiger partial charge in [-0.3, -0.25) is 24.2 Å². The van der Waals surface area contributed by atoms with Gasteiger partial charge in [-0.1, -0.05) is 0 Å². The Labute approximate surface area is 195 Å². The Morgan fingerprint density at radius 2 is 1.58 bits per heavy atom. The van der Waals surface area contributed by atoms with Crippen LogP contribution < -0.4 is 32.3 Å². The second kappa shape index (κ2) is 16.7. The van der Waals surface area contributed by atoms with E-state index in [9.17, 15) is 19.2 Å². The molecular weight excluding hydrogens is 428 g/mol. The Bertz CT molecular complexity index is 665. The maximum absolute atomic E-state index is 12.9. The first-order chi connectivity index (χ1) is 15.9. The molecule has 0 spiro atoms. The summed E-state index contributed by atoms with van der Waals surface area (Å²) < 4.78 is 0. The van der Waals surface area contributed by atoms with Crippen molar-refractivity contribution in [1.29, 1.82) is 0 Å². The van der Waals surface area contributed by atoms with E-state index in [1.54, 1.807) is 4.90 Å². The van der Waals surface area contributed by atoms with Crippen molar-refractivity contribution < 1.29 is 19.2 Å². The van der Waals surface area contributed by atoms with Crippen molar-refractivity contribution in [2.45, 2.75) is 52.0 Å². The molecule has 0 radical (unpaired) electrons. The maximum Gasteiger partial charge on any atom is 0.245 e. The van der Waals surface area contributed by atoms with Crippen LogP contribution in [-0.4, -0.2) is 92.9 Å². The zero-order valence-corrected chi connectivity index (χ0v) is 19.9. The second-order valence-corrected chi connectivity index (χ2v) is 7.69. The van der Waals surface area contributed by atoms with E-state index in [0.717, 1.165) is 38.2 Å². The summed E-state index contributed by atoms with van der Waals surface area (Å²) in [6.45, 7) is 6.78. The fourth-order valence-corrected chi connectivity index (χ4v) is 3.33. The topological polar surface area (TPSA) is 170 Å². The van der Waals surface area contributed by atoms with Gasteiger partial charge in [-0.25, -0.2) is 0 Å². The molecule has 33 heavy (non-hydrogen) atoms. The number of carbonyl (C=O) groups is 4. The monoisotopic (exact) mass is 468 g/mol. The van der Waals surface area contributed by atoms with Crippen molar-refractivity contribution in [2.24, 2.45) is 10.7 Å². The summed E-state index contributed by atoms with van der Waals surface area (Å²) in [5.74, 6) is -0.745. The van der Waals surface area contributed by atoms with Gasteiger partial charge >= 0.3 is 0 Å². The molecule has 1 saturated heterocycles. The van der Waals surface area contributed by atoms with Crippen molar-refractivity contribution >= 4 is 29.6 Å². The molecule has 1 unspecified atom stereocenters. The molecule has 4 amide bonds. The molecular formula is C21H40N8O4. The average molecular weight is 469 g/mol. The number of nitrogens with one attached hydrogen (secondary N) is 5. The Kier molecular flexibility index (Phi) is 14.2. The van der Waals surface area contributed by atoms with E-state index < -0.39 is 23.8 Å². The van der Waals surface area contributed by atoms with Gasteiger partial charge in [-0.15, -0.1) is 0 Å². The Morgan fingerprint density at radius 3 is 2.21 bits per heavy atom. The van der Waals surface area contributed by atoms with Crippen LogP contribution in [0, 0.1) is 0 Å². The molecule has 0 bridgehead atoms. The third-order valence-electron chi connectivity index (χ3n) is 5.00. The van der Waals surface area contributed by atoms with E-state index in [2.05, 4.69) is 31.6 Å². The number of carbonyl (C=O) groups excluding carboxylic acids is 4. The van der Waals surface area contributed by atoms with Crippen LogP contribution in [0.5, 0.6) is 0 Å². The molecule has 1 atom stereocenters. The first-order valence-corrected chi connectivity index (χ1v) is 11.7. The first-order valence-electron chi connectivity index (χ1n) is 11.7. The van der Waals surface area contributed by atoms with Gasteiger partial charge < -0.3 is 37.2 Å². The molecule has 1 aliphatic heterocycles. The lowest BCUT2D eigenvalue weighted by molar-refractivity contribution is -0.135. The predicted molar refractivity (Wildman–Crippen MR) is 126 cm³/mol. The van der Waals surface area contributed by atoms with E-state index in [0.29, 0.717) is 32.6 Å². The number of guanidine groups is 1. The van der Waals surface area contributed by atoms with Crippen LogP contribution in [0.25, 0.3) is 0 Å². The zero-order chi connectivity index (χ0) is 24.5. The summed E-state index contributed by atoms with van der Waals surface area (Å²) in [7, 11) is 0. The standard InChI is InChI=1S/C21H40N8O4/c1-3-23-21(24-4-2)25-10-6-5-9-16(20(33)29-11-7-8-12-29)28-19(32)15-27-18(31)14-26-17(30)13-22/h16H,3-15,22H2,1-2H3,(H,26,30)(H,27,31)(H,28,32)(H2,23,24,25). The van der Waals surface area contributed by atoms with Crippen LogP contribution in [0.3, 0.4) is 0 Å². The largest absolute Gasteiger partial charge is 0.357 e. The minimum absolute atomic E-state index is 0.0868. The van der Waals surface area contributed by atoms with Gasteiger partial charge in [0.25, 0.3) is 0 Å². The normalized spacial score (nSPS) is 14.4. The van der Waals surface area contributed by atoms with Crippen LogP contribution >= 0.6 is 0 Å². The molecule has 0 aromatic rings. The van der Waals surface area contributed by atoms with Gasteiger partial charge in [0.1, 0.15) is 6.04 Å². The summed E-state index contributed by atoms with van der Waals surface area (Å²) in [4.78, 5) is 54.2. The molecule has 0 aromatic heterocycles. The van der Waals surface area contributed by atoms with Crippen LogP contribution in [0.1, 0.15) is 46.0 Å². The van der Waals surface area contributed by atoms with Crippen molar-refractivity contribution in [1.82, 2.24) is 31.5 Å². The molecule has 12 heteroatoms. The van der Waals surface area contributed by atoms with Crippen molar-refractivity contribution in [3.8, 4) is 0 Å². The molecule has 1 heterocycles. The van der Waals surface area contributed by atoms with Crippen LogP contribution in [-0.2, 0) is 19.2 Å². The lowest BCUT2D eigenvalue weighted by atomic mass is 10.1. The van der Waals surface area contributed by atoms with Crippen LogP contribution in [0.15, 0.2) is 4.99 Å². The number of nitrogens with zero attached hydrogens (tertiary/aromatic N) is 2. The number of hydrogen-bond donors (Lipinski definition) is 6. The van der Waals surface area contributed by atoms with Crippen molar-refractivity contribution in [3.63, 3.8) is 0 Å². The molecule has 0 aromatic carbocycles. The van der Waals surface area contributed by atoms with Gasteiger partial charge in [0.15, 0.2) is 5.96 Å². The van der Waals surface area contributed by atoms with Gasteiger partial charge in [-0.2, -0.15) is 0 Å². The van der Waals surface area contributed by atoms with E-state index in [4.69, 9.17) is 5.73 Å². The number of unbranched alkanes of at least 4 members (excludes halogenated alkanes) is 1. The van der Waals surface area contributed by atoms with Crippen LogP contribution in [0.4, 0.5) is 0 Å². The van der Waals surface area contributed by atoms with E-state index >= 15 is 0 Å². The van der Waals surface area contributed by atoms with Gasteiger partial charge in [-0.05, 0) is 46.0 Å². The van der Waals surface area contributed by atoms with E-state index in [1.807, 2.05) is 13.8 Å². The number of hydrogen-bond acceptors (Lipinski definition) is 6. The molecule has 188 valence electrons. The number of aliphatic imine (C=N–C) groups is 1. The molecule has 1 aliphatic rings. The quantitative estimate of drug-likeness (QED) is 0.0975. The number of amides is 4. The highest BCUT2D eigenvalue weighted by Gasteiger charge is 2.27. The smallest absolute Gasteiger partial charge is 0.245 e. The average Bonchev–Trinajstić information content (AvgIpc) is 3.35. The summed E-state index contributed by atoms with van der Waals surface area (Å²) in [6.07, 6.45) is 3.98. The molecule has 7 N–H and O–H groups in total. The fourth-order valence-electron chi connectivity index (χ4n) is 3.33.